The molecule has 0 bridgehead atoms. The highest BCUT2D eigenvalue weighted by Crippen LogP contribution is 2.23. The highest BCUT2D eigenvalue weighted by molar-refractivity contribution is 5.48. The van der Waals surface area contributed by atoms with Gasteiger partial charge in [-0.05, 0) is 57.0 Å². The Balaban J connectivity index is 1.91. The lowest BCUT2D eigenvalue weighted by Crippen LogP contribution is -2.45. The molecule has 2 rings (SSSR count). The van der Waals surface area contributed by atoms with Crippen LogP contribution in [0.1, 0.15) is 38.7 Å². The number of hydrogen-bond acceptors (Lipinski definition) is 2. The van der Waals surface area contributed by atoms with Gasteiger partial charge in [-0.15, -0.1) is 0 Å². The van der Waals surface area contributed by atoms with Crippen LogP contribution < -0.4 is 4.90 Å². The summed E-state index contributed by atoms with van der Waals surface area (Å²) in [7, 11) is 0. The van der Waals surface area contributed by atoms with Crippen molar-refractivity contribution in [2.24, 2.45) is 0 Å². The third kappa shape index (κ3) is 3.73. The lowest BCUT2D eigenvalue weighted by molar-refractivity contribution is 0.177. The zero-order chi connectivity index (χ0) is 13.7. The van der Waals surface area contributed by atoms with Crippen molar-refractivity contribution in [3.8, 4) is 0 Å². The Bertz CT molecular complexity index is 381. The number of rotatable bonds is 5. The standard InChI is InChI=1S/C17H28N2/c1-4-11-18(5-2)16-9-12-19(13-10-16)17-8-6-7-15(3)14-17/h6-8,14,16H,4-5,9-13H2,1-3H3. The first-order valence-corrected chi connectivity index (χ1v) is 7.80. The predicted molar refractivity (Wildman–Crippen MR) is 84.0 cm³/mol. The Morgan fingerprint density at radius 1 is 1.21 bits per heavy atom. The van der Waals surface area contributed by atoms with Gasteiger partial charge in [-0.3, -0.25) is 0 Å². The Morgan fingerprint density at radius 3 is 2.53 bits per heavy atom. The van der Waals surface area contributed by atoms with E-state index in [1.54, 1.807) is 0 Å². The van der Waals surface area contributed by atoms with Crippen molar-refractivity contribution >= 4 is 5.69 Å². The van der Waals surface area contributed by atoms with Crippen molar-refractivity contribution in [2.45, 2.75) is 46.1 Å². The number of aryl methyl sites for hydroxylation is 1. The summed E-state index contributed by atoms with van der Waals surface area (Å²) >= 11 is 0. The van der Waals surface area contributed by atoms with Gasteiger partial charge in [0.15, 0.2) is 0 Å². The summed E-state index contributed by atoms with van der Waals surface area (Å²) in [5.41, 5.74) is 2.76. The Morgan fingerprint density at radius 2 is 1.95 bits per heavy atom. The quantitative estimate of drug-likeness (QED) is 0.796. The van der Waals surface area contributed by atoms with Crippen molar-refractivity contribution in [2.75, 3.05) is 31.1 Å². The van der Waals surface area contributed by atoms with Crippen LogP contribution in [0, 0.1) is 6.92 Å². The predicted octanol–water partition coefficient (Wildman–Crippen LogP) is 3.70. The van der Waals surface area contributed by atoms with Gasteiger partial charge in [0.1, 0.15) is 0 Å². The van der Waals surface area contributed by atoms with Gasteiger partial charge in [0.05, 0.1) is 0 Å². The van der Waals surface area contributed by atoms with Gasteiger partial charge in [-0.25, -0.2) is 0 Å². The number of benzene rings is 1. The summed E-state index contributed by atoms with van der Waals surface area (Å²) in [6.45, 7) is 11.6. The molecule has 19 heavy (non-hydrogen) atoms. The average Bonchev–Trinajstić information content (AvgIpc) is 2.45. The molecule has 0 unspecified atom stereocenters. The van der Waals surface area contributed by atoms with E-state index in [9.17, 15) is 0 Å². The van der Waals surface area contributed by atoms with E-state index >= 15 is 0 Å². The summed E-state index contributed by atoms with van der Waals surface area (Å²) in [6, 6.07) is 9.70. The molecule has 1 aromatic rings. The molecule has 0 aromatic heterocycles. The first-order valence-electron chi connectivity index (χ1n) is 7.80. The maximum atomic E-state index is 2.66. The van der Waals surface area contributed by atoms with Crippen molar-refractivity contribution in [3.05, 3.63) is 29.8 Å². The molecular formula is C17H28N2. The SMILES string of the molecule is CCCN(CC)C1CCN(c2cccc(C)c2)CC1. The largest absolute Gasteiger partial charge is 0.371 e. The van der Waals surface area contributed by atoms with E-state index in [1.807, 2.05) is 0 Å². The normalized spacial score (nSPS) is 17.2. The van der Waals surface area contributed by atoms with E-state index in [1.165, 1.54) is 56.7 Å². The smallest absolute Gasteiger partial charge is 0.0368 e. The number of hydrogen-bond donors (Lipinski definition) is 0. The average molecular weight is 260 g/mol. The second-order valence-electron chi connectivity index (χ2n) is 5.69. The van der Waals surface area contributed by atoms with Gasteiger partial charge in [-0.2, -0.15) is 0 Å². The van der Waals surface area contributed by atoms with Gasteiger partial charge in [0, 0.05) is 24.8 Å². The number of anilines is 1. The molecule has 1 saturated heterocycles. The summed E-state index contributed by atoms with van der Waals surface area (Å²) in [5, 5.41) is 0. The minimum absolute atomic E-state index is 0.797. The second-order valence-corrected chi connectivity index (χ2v) is 5.69. The minimum Gasteiger partial charge on any atom is -0.371 e. The van der Waals surface area contributed by atoms with Crippen molar-refractivity contribution in [1.29, 1.82) is 0 Å². The zero-order valence-corrected chi connectivity index (χ0v) is 12.7. The maximum Gasteiger partial charge on any atom is 0.0368 e. The van der Waals surface area contributed by atoms with Crippen LogP contribution in [0.4, 0.5) is 5.69 Å². The fourth-order valence-electron chi connectivity index (χ4n) is 3.20. The molecule has 0 radical (unpaired) electrons. The second kappa shape index (κ2) is 6.95. The molecule has 1 aliphatic heterocycles. The van der Waals surface area contributed by atoms with Gasteiger partial charge in [-0.1, -0.05) is 26.0 Å². The van der Waals surface area contributed by atoms with Crippen LogP contribution in [-0.2, 0) is 0 Å². The number of piperidine rings is 1. The van der Waals surface area contributed by atoms with Gasteiger partial charge in [0.25, 0.3) is 0 Å². The van der Waals surface area contributed by atoms with Crippen LogP contribution in [0.3, 0.4) is 0 Å². The molecule has 0 amide bonds. The van der Waals surface area contributed by atoms with Crippen molar-refractivity contribution in [3.63, 3.8) is 0 Å². The monoisotopic (exact) mass is 260 g/mol. The van der Waals surface area contributed by atoms with Crippen molar-refractivity contribution < 1.29 is 0 Å². The maximum absolute atomic E-state index is 2.66. The Hall–Kier alpha value is -1.02. The Kier molecular flexibility index (Phi) is 5.26. The topological polar surface area (TPSA) is 6.48 Å². The van der Waals surface area contributed by atoms with E-state index in [0.717, 1.165) is 6.04 Å². The zero-order valence-electron chi connectivity index (χ0n) is 12.7. The molecule has 1 fully saturated rings. The molecule has 0 atom stereocenters. The first-order chi connectivity index (χ1) is 9.24. The van der Waals surface area contributed by atoms with Crippen LogP contribution in [0.25, 0.3) is 0 Å². The van der Waals surface area contributed by atoms with Crippen molar-refractivity contribution in [1.82, 2.24) is 4.90 Å². The summed E-state index contributed by atoms with van der Waals surface area (Å²) in [6.07, 6.45) is 3.88. The summed E-state index contributed by atoms with van der Waals surface area (Å²) in [4.78, 5) is 5.21. The van der Waals surface area contributed by atoms with E-state index in [4.69, 9.17) is 0 Å². The fraction of sp³-hybridized carbons (Fsp3) is 0.647. The van der Waals surface area contributed by atoms with Crippen LogP contribution in [-0.4, -0.2) is 37.1 Å². The van der Waals surface area contributed by atoms with Gasteiger partial charge in [0.2, 0.25) is 0 Å². The number of nitrogens with zero attached hydrogens (tertiary/aromatic N) is 2. The molecular weight excluding hydrogens is 232 g/mol. The molecule has 0 aliphatic carbocycles. The molecule has 0 spiro atoms. The van der Waals surface area contributed by atoms with Gasteiger partial charge >= 0.3 is 0 Å². The van der Waals surface area contributed by atoms with E-state index in [2.05, 4.69) is 54.8 Å². The highest BCUT2D eigenvalue weighted by atomic mass is 15.2. The summed E-state index contributed by atoms with van der Waals surface area (Å²) in [5.74, 6) is 0. The third-order valence-corrected chi connectivity index (χ3v) is 4.26. The first kappa shape index (κ1) is 14.4. The fourth-order valence-corrected chi connectivity index (χ4v) is 3.20. The highest BCUT2D eigenvalue weighted by Gasteiger charge is 2.23. The lowest BCUT2D eigenvalue weighted by Gasteiger charge is -2.39. The molecule has 2 nitrogen and oxygen atoms in total. The van der Waals surface area contributed by atoms with Crippen LogP contribution in [0.2, 0.25) is 0 Å². The van der Waals surface area contributed by atoms with Crippen LogP contribution in [0.15, 0.2) is 24.3 Å². The molecule has 1 aromatic carbocycles. The summed E-state index contributed by atoms with van der Waals surface area (Å²) < 4.78 is 0. The minimum atomic E-state index is 0.797. The van der Waals surface area contributed by atoms with Crippen LogP contribution >= 0.6 is 0 Å². The molecule has 0 N–H and O–H groups in total. The van der Waals surface area contributed by atoms with E-state index in [-0.39, 0.29) is 0 Å². The molecule has 2 heteroatoms. The van der Waals surface area contributed by atoms with Gasteiger partial charge < -0.3 is 9.80 Å². The Labute approximate surface area is 118 Å². The lowest BCUT2D eigenvalue weighted by atomic mass is 10.0. The molecule has 1 aliphatic rings. The molecule has 106 valence electrons. The third-order valence-electron chi connectivity index (χ3n) is 4.26. The van der Waals surface area contributed by atoms with E-state index in [0.29, 0.717) is 0 Å². The molecule has 0 saturated carbocycles. The molecule has 1 heterocycles. The van der Waals surface area contributed by atoms with E-state index < -0.39 is 0 Å². The van der Waals surface area contributed by atoms with Crippen LogP contribution in [0.5, 0.6) is 0 Å².